The topological polar surface area (TPSA) is 35.2 Å². The number of rotatable bonds is 3. The summed E-state index contributed by atoms with van der Waals surface area (Å²) in [5, 5.41) is 1.17. The fourth-order valence-electron chi connectivity index (χ4n) is 2.08. The van der Waals surface area contributed by atoms with Crippen molar-refractivity contribution in [2.75, 3.05) is 0 Å². The fourth-order valence-corrected chi connectivity index (χ4v) is 2.08. The van der Waals surface area contributed by atoms with E-state index >= 15 is 0 Å². The van der Waals surface area contributed by atoms with E-state index in [0.717, 1.165) is 0 Å². The number of alkyl halides is 3. The molecule has 0 radical (unpaired) electrons. The molecule has 2 N–H and O–H groups in total. The molecule has 2 aromatic rings. The highest BCUT2D eigenvalue weighted by Gasteiger charge is 2.38. The lowest BCUT2D eigenvalue weighted by Gasteiger charge is -2.18. The molecule has 0 heterocycles. The molecule has 0 bridgehead atoms. The molecule has 20 heavy (non-hydrogen) atoms. The first-order chi connectivity index (χ1) is 9.29. The molecule has 0 aromatic heterocycles. The van der Waals surface area contributed by atoms with Crippen LogP contribution < -0.4 is 10.5 Å². The third kappa shape index (κ3) is 3.04. The van der Waals surface area contributed by atoms with Gasteiger partial charge in [-0.2, -0.15) is 13.2 Å². The number of benzene rings is 2. The van der Waals surface area contributed by atoms with Gasteiger partial charge < -0.3 is 10.5 Å². The Morgan fingerprint density at radius 2 is 1.80 bits per heavy atom. The first kappa shape index (κ1) is 14.7. The normalized spacial score (nSPS) is 13.8. The number of hydrogen-bond donors (Lipinski definition) is 1. The summed E-state index contributed by atoms with van der Waals surface area (Å²) in [5.74, 6) is 0.630. The summed E-state index contributed by atoms with van der Waals surface area (Å²) in [6, 6.07) is 7.74. The van der Waals surface area contributed by atoms with E-state index in [1.165, 1.54) is 6.07 Å². The van der Waals surface area contributed by atoms with Crippen molar-refractivity contribution in [1.82, 2.24) is 0 Å². The molecule has 0 aliphatic rings. The Bertz CT molecular complexity index is 608. The van der Waals surface area contributed by atoms with E-state index in [4.69, 9.17) is 10.5 Å². The van der Waals surface area contributed by atoms with E-state index in [-0.39, 0.29) is 11.7 Å². The zero-order valence-electron chi connectivity index (χ0n) is 11.2. The van der Waals surface area contributed by atoms with E-state index in [0.29, 0.717) is 16.5 Å². The average Bonchev–Trinajstić information content (AvgIpc) is 2.35. The van der Waals surface area contributed by atoms with Crippen LogP contribution >= 0.6 is 0 Å². The smallest absolute Gasteiger partial charge is 0.407 e. The lowest BCUT2D eigenvalue weighted by Crippen LogP contribution is -2.28. The largest absolute Gasteiger partial charge is 0.491 e. The van der Waals surface area contributed by atoms with Crippen molar-refractivity contribution < 1.29 is 17.9 Å². The van der Waals surface area contributed by atoms with Gasteiger partial charge in [-0.1, -0.05) is 24.3 Å². The van der Waals surface area contributed by atoms with Crippen LogP contribution in [0.2, 0.25) is 0 Å². The standard InChI is InChI=1S/C15H16F3NO/c1-9(2)20-11-6-7-12-10(8-11)4-3-5-13(12)14(19)15(16,17)18/h3-9,14H,19H2,1-2H3/t14-/m0/s1. The van der Waals surface area contributed by atoms with Crippen molar-refractivity contribution in [2.45, 2.75) is 32.2 Å². The van der Waals surface area contributed by atoms with Crippen LogP contribution in [0.4, 0.5) is 13.2 Å². The van der Waals surface area contributed by atoms with Gasteiger partial charge in [0.05, 0.1) is 6.10 Å². The van der Waals surface area contributed by atoms with Crippen LogP contribution in [0.25, 0.3) is 10.8 Å². The maximum atomic E-state index is 12.8. The second-order valence-corrected chi connectivity index (χ2v) is 4.92. The molecule has 0 spiro atoms. The van der Waals surface area contributed by atoms with Crippen molar-refractivity contribution in [2.24, 2.45) is 5.73 Å². The maximum Gasteiger partial charge on any atom is 0.407 e. The Balaban J connectivity index is 2.49. The van der Waals surface area contributed by atoms with Crippen LogP contribution in [0.15, 0.2) is 36.4 Å². The Morgan fingerprint density at radius 1 is 1.10 bits per heavy atom. The van der Waals surface area contributed by atoms with Crippen molar-refractivity contribution in [3.63, 3.8) is 0 Å². The van der Waals surface area contributed by atoms with Gasteiger partial charge in [0.25, 0.3) is 0 Å². The van der Waals surface area contributed by atoms with Crippen LogP contribution in [0.5, 0.6) is 5.75 Å². The molecule has 0 unspecified atom stereocenters. The van der Waals surface area contributed by atoms with Crippen molar-refractivity contribution in [3.8, 4) is 5.75 Å². The molecule has 2 aromatic carbocycles. The quantitative estimate of drug-likeness (QED) is 0.916. The van der Waals surface area contributed by atoms with Gasteiger partial charge in [0.2, 0.25) is 0 Å². The van der Waals surface area contributed by atoms with Crippen molar-refractivity contribution in [1.29, 1.82) is 0 Å². The minimum atomic E-state index is -4.46. The lowest BCUT2D eigenvalue weighted by atomic mass is 9.99. The molecule has 0 aliphatic heterocycles. The third-order valence-corrected chi connectivity index (χ3v) is 2.95. The minimum Gasteiger partial charge on any atom is -0.491 e. The summed E-state index contributed by atoms with van der Waals surface area (Å²) in [6.45, 7) is 3.78. The monoisotopic (exact) mass is 283 g/mol. The summed E-state index contributed by atoms with van der Waals surface area (Å²) in [5.41, 5.74) is 5.38. The minimum absolute atomic E-state index is 0.00747. The van der Waals surface area contributed by atoms with E-state index in [1.807, 2.05) is 13.8 Å². The highest BCUT2D eigenvalue weighted by molar-refractivity contribution is 5.87. The molecular weight excluding hydrogens is 267 g/mol. The van der Waals surface area contributed by atoms with Crippen LogP contribution in [0, 0.1) is 0 Å². The lowest BCUT2D eigenvalue weighted by molar-refractivity contribution is -0.148. The summed E-state index contributed by atoms with van der Waals surface area (Å²) in [7, 11) is 0. The average molecular weight is 283 g/mol. The van der Waals surface area contributed by atoms with E-state index in [1.54, 1.807) is 30.3 Å². The SMILES string of the molecule is CC(C)Oc1ccc2c([C@H](N)C(F)(F)F)cccc2c1. The number of nitrogens with two attached hydrogens (primary N) is 1. The van der Waals surface area contributed by atoms with Crippen LogP contribution in [0.1, 0.15) is 25.5 Å². The molecule has 0 aliphatic carbocycles. The van der Waals surface area contributed by atoms with Crippen LogP contribution in [-0.4, -0.2) is 12.3 Å². The molecule has 0 fully saturated rings. The molecule has 0 amide bonds. The number of hydrogen-bond acceptors (Lipinski definition) is 2. The second kappa shape index (κ2) is 5.32. The van der Waals surface area contributed by atoms with Gasteiger partial charge in [-0.3, -0.25) is 0 Å². The van der Waals surface area contributed by atoms with Gasteiger partial charge in [0.15, 0.2) is 0 Å². The molecule has 2 rings (SSSR count). The Hall–Kier alpha value is -1.75. The first-order valence-electron chi connectivity index (χ1n) is 6.30. The number of ether oxygens (including phenoxy) is 1. The molecule has 2 nitrogen and oxygen atoms in total. The molecule has 0 saturated heterocycles. The molecule has 0 saturated carbocycles. The van der Waals surface area contributed by atoms with E-state index < -0.39 is 12.2 Å². The first-order valence-corrected chi connectivity index (χ1v) is 6.30. The Kier molecular flexibility index (Phi) is 3.90. The van der Waals surface area contributed by atoms with Crippen LogP contribution in [-0.2, 0) is 0 Å². The maximum absolute atomic E-state index is 12.8. The Morgan fingerprint density at radius 3 is 2.40 bits per heavy atom. The summed E-state index contributed by atoms with van der Waals surface area (Å²) < 4.78 is 43.8. The Labute approximate surface area is 115 Å². The van der Waals surface area contributed by atoms with Gasteiger partial charge >= 0.3 is 6.18 Å². The van der Waals surface area contributed by atoms with Gasteiger partial charge in [0, 0.05) is 0 Å². The molecular formula is C15H16F3NO. The van der Waals surface area contributed by atoms with Crippen LogP contribution in [0.3, 0.4) is 0 Å². The summed E-state index contributed by atoms with van der Waals surface area (Å²) in [6.07, 6.45) is -4.45. The van der Waals surface area contributed by atoms with E-state index in [2.05, 4.69) is 0 Å². The zero-order valence-corrected chi connectivity index (χ0v) is 11.2. The van der Waals surface area contributed by atoms with Gasteiger partial charge in [-0.25, -0.2) is 0 Å². The fraction of sp³-hybridized carbons (Fsp3) is 0.333. The predicted octanol–water partition coefficient (Wildman–Crippen LogP) is 4.19. The van der Waals surface area contributed by atoms with Crippen molar-refractivity contribution in [3.05, 3.63) is 42.0 Å². The highest BCUT2D eigenvalue weighted by atomic mass is 19.4. The molecule has 5 heteroatoms. The molecule has 108 valence electrons. The summed E-state index contributed by atoms with van der Waals surface area (Å²) in [4.78, 5) is 0. The predicted molar refractivity (Wildman–Crippen MR) is 72.7 cm³/mol. The highest BCUT2D eigenvalue weighted by Crippen LogP contribution is 2.35. The number of fused-ring (bicyclic) bond motifs is 1. The van der Waals surface area contributed by atoms with Gasteiger partial charge in [-0.05, 0) is 42.3 Å². The van der Waals surface area contributed by atoms with Gasteiger partial charge in [0.1, 0.15) is 11.8 Å². The zero-order chi connectivity index (χ0) is 14.9. The van der Waals surface area contributed by atoms with Gasteiger partial charge in [-0.15, -0.1) is 0 Å². The second-order valence-electron chi connectivity index (χ2n) is 4.92. The summed E-state index contributed by atoms with van der Waals surface area (Å²) >= 11 is 0. The third-order valence-electron chi connectivity index (χ3n) is 2.95. The molecule has 1 atom stereocenters. The number of halogens is 3. The van der Waals surface area contributed by atoms with E-state index in [9.17, 15) is 13.2 Å². The van der Waals surface area contributed by atoms with Crippen molar-refractivity contribution >= 4 is 10.8 Å².